The van der Waals surface area contributed by atoms with Crippen LogP contribution in [-0.2, 0) is 23.0 Å². The molecule has 0 radical (unpaired) electrons. The van der Waals surface area contributed by atoms with Crippen molar-refractivity contribution in [3.63, 3.8) is 0 Å². The molecule has 0 bridgehead atoms. The first-order chi connectivity index (χ1) is 13.0. The largest absolute Gasteiger partial charge is 0.495 e. The summed E-state index contributed by atoms with van der Waals surface area (Å²) in [4.78, 5) is 2.71. The van der Waals surface area contributed by atoms with E-state index in [1.54, 1.807) is 16.4 Å². The molecule has 0 amide bonds. The quantitative estimate of drug-likeness (QED) is 0.811. The molecule has 1 unspecified atom stereocenters. The monoisotopic (exact) mass is 386 g/mol. The molecule has 27 heavy (non-hydrogen) atoms. The van der Waals surface area contributed by atoms with Gasteiger partial charge in [-0.3, -0.25) is 4.90 Å². The summed E-state index contributed by atoms with van der Waals surface area (Å²) in [6, 6.07) is 14.1. The number of rotatable bonds is 4. The Morgan fingerprint density at radius 3 is 2.63 bits per heavy atom. The Hall–Kier alpha value is -1.89. The highest BCUT2D eigenvalue weighted by atomic mass is 32.2. The number of hydrogen-bond acceptors (Lipinski definition) is 4. The van der Waals surface area contributed by atoms with Crippen molar-refractivity contribution in [2.24, 2.45) is 0 Å². The summed E-state index contributed by atoms with van der Waals surface area (Å²) >= 11 is 0. The molecule has 6 heteroatoms. The topological polar surface area (TPSA) is 49.9 Å². The number of sulfonamides is 1. The summed E-state index contributed by atoms with van der Waals surface area (Å²) in [5.74, 6) is 0.413. The fraction of sp³-hybridized carbons (Fsp3) is 0.429. The van der Waals surface area contributed by atoms with Gasteiger partial charge in [0.15, 0.2) is 0 Å². The average Bonchev–Trinajstić information content (AvgIpc) is 3.18. The van der Waals surface area contributed by atoms with Gasteiger partial charge in [0.1, 0.15) is 10.6 Å². The van der Waals surface area contributed by atoms with Crippen LogP contribution in [0.2, 0.25) is 0 Å². The molecule has 0 aliphatic carbocycles. The van der Waals surface area contributed by atoms with E-state index in [-0.39, 0.29) is 10.9 Å². The minimum atomic E-state index is -3.55. The van der Waals surface area contributed by atoms with Gasteiger partial charge in [-0.05, 0) is 48.6 Å². The van der Waals surface area contributed by atoms with Gasteiger partial charge in [0.05, 0.1) is 7.11 Å². The molecular formula is C21H26N2O3S. The molecule has 0 N–H and O–H groups in total. The molecule has 1 atom stereocenters. The number of nitrogens with zero attached hydrogens (tertiary/aromatic N) is 2. The van der Waals surface area contributed by atoms with Crippen LogP contribution in [0.25, 0.3) is 0 Å². The lowest BCUT2D eigenvalue weighted by atomic mass is 9.98. The summed E-state index contributed by atoms with van der Waals surface area (Å²) in [7, 11) is -2.04. The smallest absolute Gasteiger partial charge is 0.246 e. The number of ether oxygens (including phenoxy) is 1. The minimum absolute atomic E-state index is 0.268. The first kappa shape index (κ1) is 18.5. The second-order valence-corrected chi connectivity index (χ2v) is 9.36. The Morgan fingerprint density at radius 1 is 1.07 bits per heavy atom. The molecule has 4 rings (SSSR count). The van der Waals surface area contributed by atoms with Gasteiger partial charge in [-0.1, -0.05) is 30.3 Å². The number of hydrogen-bond donors (Lipinski definition) is 0. The van der Waals surface area contributed by atoms with Crippen LogP contribution in [0.15, 0.2) is 47.4 Å². The fourth-order valence-corrected chi connectivity index (χ4v) is 5.91. The molecule has 1 saturated heterocycles. The summed E-state index contributed by atoms with van der Waals surface area (Å²) in [6.45, 7) is 4.89. The lowest BCUT2D eigenvalue weighted by molar-refractivity contribution is 0.185. The van der Waals surface area contributed by atoms with Crippen LogP contribution in [0, 0.1) is 6.92 Å². The molecular weight excluding hydrogens is 360 g/mol. The normalized spacial score (nSPS) is 21.2. The SMILES string of the molecule is COc1ccc(C)cc1S(=O)(=O)N1CCC(N2CCc3ccccc3C2)C1. The van der Waals surface area contributed by atoms with E-state index >= 15 is 0 Å². The van der Waals surface area contributed by atoms with E-state index in [4.69, 9.17) is 4.74 Å². The van der Waals surface area contributed by atoms with E-state index in [2.05, 4.69) is 29.2 Å². The maximum Gasteiger partial charge on any atom is 0.246 e. The summed E-state index contributed by atoms with van der Waals surface area (Å²) in [5.41, 5.74) is 3.70. The van der Waals surface area contributed by atoms with Gasteiger partial charge in [0.2, 0.25) is 10.0 Å². The molecule has 2 aromatic rings. The zero-order valence-electron chi connectivity index (χ0n) is 15.9. The maximum atomic E-state index is 13.2. The Balaban J connectivity index is 1.52. The summed E-state index contributed by atoms with van der Waals surface area (Å²) < 4.78 is 33.4. The molecule has 2 aliphatic heterocycles. The van der Waals surface area contributed by atoms with Crippen LogP contribution in [0.1, 0.15) is 23.1 Å². The molecule has 1 fully saturated rings. The highest BCUT2D eigenvalue weighted by Gasteiger charge is 2.37. The van der Waals surface area contributed by atoms with E-state index in [1.165, 1.54) is 18.2 Å². The zero-order valence-corrected chi connectivity index (χ0v) is 16.7. The van der Waals surface area contributed by atoms with Crippen LogP contribution in [0.4, 0.5) is 0 Å². The van der Waals surface area contributed by atoms with Gasteiger partial charge >= 0.3 is 0 Å². The van der Waals surface area contributed by atoms with Gasteiger partial charge in [-0.2, -0.15) is 4.31 Å². The summed E-state index contributed by atoms with van der Waals surface area (Å²) in [6.07, 6.45) is 1.90. The van der Waals surface area contributed by atoms with Gasteiger partial charge in [0, 0.05) is 32.2 Å². The lowest BCUT2D eigenvalue weighted by Crippen LogP contribution is -2.41. The maximum absolute atomic E-state index is 13.2. The predicted molar refractivity (Wildman–Crippen MR) is 105 cm³/mol. The van der Waals surface area contributed by atoms with Crippen molar-refractivity contribution in [2.75, 3.05) is 26.7 Å². The summed E-state index contributed by atoms with van der Waals surface area (Å²) in [5, 5.41) is 0. The molecule has 5 nitrogen and oxygen atoms in total. The number of benzene rings is 2. The number of methoxy groups -OCH3 is 1. The van der Waals surface area contributed by atoms with Gasteiger partial charge in [0.25, 0.3) is 0 Å². The van der Waals surface area contributed by atoms with Crippen LogP contribution in [0.5, 0.6) is 5.75 Å². The number of fused-ring (bicyclic) bond motifs is 1. The average molecular weight is 387 g/mol. The Kier molecular flexibility index (Phi) is 4.97. The third-order valence-corrected chi connectivity index (χ3v) is 7.63. The first-order valence-electron chi connectivity index (χ1n) is 9.44. The fourth-order valence-electron chi connectivity index (χ4n) is 4.18. The molecule has 2 heterocycles. The van der Waals surface area contributed by atoms with Crippen molar-refractivity contribution in [1.82, 2.24) is 9.21 Å². The van der Waals surface area contributed by atoms with Crippen molar-refractivity contribution in [2.45, 2.75) is 37.2 Å². The molecule has 0 saturated carbocycles. The molecule has 2 aliphatic rings. The van der Waals surface area contributed by atoms with Crippen molar-refractivity contribution in [3.05, 3.63) is 59.2 Å². The second-order valence-electron chi connectivity index (χ2n) is 7.45. The van der Waals surface area contributed by atoms with Crippen molar-refractivity contribution >= 4 is 10.0 Å². The van der Waals surface area contributed by atoms with E-state index in [0.29, 0.717) is 18.8 Å². The van der Waals surface area contributed by atoms with Crippen LogP contribution in [0.3, 0.4) is 0 Å². The van der Waals surface area contributed by atoms with Gasteiger partial charge in [-0.15, -0.1) is 0 Å². The second kappa shape index (κ2) is 7.26. The molecule has 0 aromatic heterocycles. The Morgan fingerprint density at radius 2 is 1.85 bits per heavy atom. The third kappa shape index (κ3) is 3.49. The molecule has 0 spiro atoms. The van der Waals surface area contributed by atoms with Crippen molar-refractivity contribution in [1.29, 1.82) is 0 Å². The highest BCUT2D eigenvalue weighted by molar-refractivity contribution is 7.89. The van der Waals surface area contributed by atoms with Crippen molar-refractivity contribution in [3.8, 4) is 5.75 Å². The minimum Gasteiger partial charge on any atom is -0.495 e. The van der Waals surface area contributed by atoms with E-state index < -0.39 is 10.0 Å². The van der Waals surface area contributed by atoms with Crippen molar-refractivity contribution < 1.29 is 13.2 Å². The predicted octanol–water partition coefficient (Wildman–Crippen LogP) is 2.82. The van der Waals surface area contributed by atoms with Crippen LogP contribution >= 0.6 is 0 Å². The Bertz CT molecular complexity index is 942. The lowest BCUT2D eigenvalue weighted by Gasteiger charge is -2.33. The van der Waals surface area contributed by atoms with E-state index in [9.17, 15) is 8.42 Å². The first-order valence-corrected chi connectivity index (χ1v) is 10.9. The molecule has 2 aromatic carbocycles. The van der Waals surface area contributed by atoms with Crippen LogP contribution in [-0.4, -0.2) is 50.4 Å². The van der Waals surface area contributed by atoms with E-state index in [1.807, 2.05) is 13.0 Å². The van der Waals surface area contributed by atoms with E-state index in [0.717, 1.165) is 31.5 Å². The standard InChI is InChI=1S/C21H26N2O3S/c1-16-7-8-20(26-2)21(13-16)27(24,25)23-12-10-19(15-23)22-11-9-17-5-3-4-6-18(17)14-22/h3-8,13,19H,9-12,14-15H2,1-2H3. The Labute approximate surface area is 161 Å². The zero-order chi connectivity index (χ0) is 19.0. The van der Waals surface area contributed by atoms with Gasteiger partial charge in [-0.25, -0.2) is 8.42 Å². The third-order valence-electron chi connectivity index (χ3n) is 5.74. The number of aryl methyl sites for hydroxylation is 1. The molecule has 144 valence electrons. The van der Waals surface area contributed by atoms with Gasteiger partial charge < -0.3 is 4.74 Å². The van der Waals surface area contributed by atoms with Crippen LogP contribution < -0.4 is 4.74 Å². The highest BCUT2D eigenvalue weighted by Crippen LogP contribution is 2.32.